The lowest BCUT2D eigenvalue weighted by Crippen LogP contribution is -2.39. The first kappa shape index (κ1) is 15.2. The number of carbonyl (C=O) groups is 1. The van der Waals surface area contributed by atoms with E-state index in [-0.39, 0.29) is 26.3 Å². The number of anilines is 1. The number of hydrogen-bond donors (Lipinski definition) is 3. The van der Waals surface area contributed by atoms with Crippen LogP contribution in [-0.2, 0) is 0 Å². The van der Waals surface area contributed by atoms with Crippen LogP contribution >= 0.6 is 27.5 Å². The van der Waals surface area contributed by atoms with Gasteiger partial charge in [0.15, 0.2) is 0 Å². The molecule has 2 amide bonds. The van der Waals surface area contributed by atoms with Gasteiger partial charge in [0.05, 0.1) is 23.9 Å². The van der Waals surface area contributed by atoms with E-state index in [0.717, 1.165) is 4.47 Å². The Kier molecular flexibility index (Phi) is 6.42. The van der Waals surface area contributed by atoms with Crippen molar-refractivity contribution in [1.82, 2.24) is 4.90 Å². The second-order valence-electron chi connectivity index (χ2n) is 3.49. The average molecular weight is 338 g/mol. The highest BCUT2D eigenvalue weighted by Crippen LogP contribution is 2.25. The molecule has 0 unspecified atom stereocenters. The molecule has 100 valence electrons. The number of urea groups is 1. The van der Waals surface area contributed by atoms with Gasteiger partial charge in [-0.2, -0.15) is 0 Å². The van der Waals surface area contributed by atoms with Crippen molar-refractivity contribution < 1.29 is 15.0 Å². The summed E-state index contributed by atoms with van der Waals surface area (Å²) in [4.78, 5) is 13.2. The minimum Gasteiger partial charge on any atom is -0.395 e. The van der Waals surface area contributed by atoms with Crippen molar-refractivity contribution in [2.24, 2.45) is 0 Å². The lowest BCUT2D eigenvalue weighted by molar-refractivity contribution is 0.167. The van der Waals surface area contributed by atoms with E-state index in [0.29, 0.717) is 10.7 Å². The molecule has 0 atom stereocenters. The predicted octanol–water partition coefficient (Wildman–Crippen LogP) is 1.92. The largest absolute Gasteiger partial charge is 0.395 e. The summed E-state index contributed by atoms with van der Waals surface area (Å²) >= 11 is 9.24. The first-order chi connectivity index (χ1) is 8.58. The van der Waals surface area contributed by atoms with Gasteiger partial charge in [0.25, 0.3) is 0 Å². The number of amides is 2. The molecule has 7 heteroatoms. The Morgan fingerprint density at radius 2 is 1.94 bits per heavy atom. The maximum absolute atomic E-state index is 11.9. The van der Waals surface area contributed by atoms with Gasteiger partial charge < -0.3 is 20.4 Å². The number of rotatable bonds is 5. The van der Waals surface area contributed by atoms with E-state index in [1.165, 1.54) is 4.90 Å². The van der Waals surface area contributed by atoms with Crippen LogP contribution in [0.4, 0.5) is 10.5 Å². The zero-order valence-corrected chi connectivity index (χ0v) is 11.9. The normalized spacial score (nSPS) is 10.2. The Labute approximate surface area is 118 Å². The molecule has 1 aromatic carbocycles. The van der Waals surface area contributed by atoms with Crippen molar-refractivity contribution in [3.05, 3.63) is 27.7 Å². The van der Waals surface area contributed by atoms with Crippen molar-refractivity contribution in [3.63, 3.8) is 0 Å². The van der Waals surface area contributed by atoms with E-state index >= 15 is 0 Å². The van der Waals surface area contributed by atoms with Crippen LogP contribution in [0.3, 0.4) is 0 Å². The number of nitrogens with zero attached hydrogens (tertiary/aromatic N) is 1. The summed E-state index contributed by atoms with van der Waals surface area (Å²) in [6.07, 6.45) is 0. The van der Waals surface area contributed by atoms with Crippen molar-refractivity contribution in [2.75, 3.05) is 31.6 Å². The summed E-state index contributed by atoms with van der Waals surface area (Å²) in [6, 6.07) is 4.67. The fraction of sp³-hybridized carbons (Fsp3) is 0.364. The minimum atomic E-state index is -0.415. The lowest BCUT2D eigenvalue weighted by atomic mass is 10.3. The average Bonchev–Trinajstić information content (AvgIpc) is 2.32. The van der Waals surface area contributed by atoms with Crippen LogP contribution in [0.5, 0.6) is 0 Å². The van der Waals surface area contributed by atoms with Gasteiger partial charge in [-0.15, -0.1) is 0 Å². The smallest absolute Gasteiger partial charge is 0.322 e. The quantitative estimate of drug-likeness (QED) is 0.768. The molecule has 5 nitrogen and oxygen atoms in total. The number of carbonyl (C=O) groups excluding carboxylic acids is 1. The molecule has 0 heterocycles. The van der Waals surface area contributed by atoms with Gasteiger partial charge in [0.1, 0.15) is 0 Å². The van der Waals surface area contributed by atoms with Gasteiger partial charge in [0, 0.05) is 17.6 Å². The van der Waals surface area contributed by atoms with E-state index in [4.69, 9.17) is 21.8 Å². The molecule has 0 bridgehead atoms. The Bertz CT molecular complexity index is 411. The summed E-state index contributed by atoms with van der Waals surface area (Å²) in [6.45, 7) is -0.0237. The van der Waals surface area contributed by atoms with Crippen molar-refractivity contribution in [3.8, 4) is 0 Å². The van der Waals surface area contributed by atoms with Gasteiger partial charge in [-0.05, 0) is 18.2 Å². The molecule has 18 heavy (non-hydrogen) atoms. The first-order valence-corrected chi connectivity index (χ1v) is 6.48. The summed E-state index contributed by atoms with van der Waals surface area (Å²) < 4.78 is 0.813. The van der Waals surface area contributed by atoms with Gasteiger partial charge in [-0.25, -0.2) is 4.79 Å². The Morgan fingerprint density at radius 1 is 1.33 bits per heavy atom. The number of aliphatic hydroxyl groups excluding tert-OH is 2. The van der Waals surface area contributed by atoms with Gasteiger partial charge in [0.2, 0.25) is 0 Å². The Morgan fingerprint density at radius 3 is 2.44 bits per heavy atom. The summed E-state index contributed by atoms with van der Waals surface area (Å²) in [5, 5.41) is 20.7. The molecule has 0 spiro atoms. The number of halogens is 2. The zero-order chi connectivity index (χ0) is 13.5. The van der Waals surface area contributed by atoms with E-state index in [9.17, 15) is 4.79 Å². The molecule has 0 saturated carbocycles. The number of benzene rings is 1. The summed E-state index contributed by atoms with van der Waals surface area (Å²) in [5.74, 6) is 0. The second kappa shape index (κ2) is 7.58. The molecule has 0 aliphatic carbocycles. The Balaban J connectivity index is 2.72. The van der Waals surface area contributed by atoms with Gasteiger partial charge in [-0.3, -0.25) is 0 Å². The molecule has 0 aliphatic heterocycles. The number of hydrogen-bond acceptors (Lipinski definition) is 3. The van der Waals surface area contributed by atoms with E-state index < -0.39 is 6.03 Å². The van der Waals surface area contributed by atoms with Gasteiger partial charge in [-0.1, -0.05) is 27.5 Å². The fourth-order valence-corrected chi connectivity index (χ4v) is 2.06. The monoisotopic (exact) mass is 336 g/mol. The van der Waals surface area contributed by atoms with Crippen molar-refractivity contribution in [1.29, 1.82) is 0 Å². The third-order valence-corrected chi connectivity index (χ3v) is 3.01. The molecule has 0 fully saturated rings. The zero-order valence-electron chi connectivity index (χ0n) is 9.57. The third-order valence-electron chi connectivity index (χ3n) is 2.20. The van der Waals surface area contributed by atoms with Crippen LogP contribution in [0.1, 0.15) is 0 Å². The molecule has 0 radical (unpaired) electrons. The maximum Gasteiger partial charge on any atom is 0.322 e. The van der Waals surface area contributed by atoms with Crippen LogP contribution in [0.2, 0.25) is 5.02 Å². The van der Waals surface area contributed by atoms with E-state index in [1.54, 1.807) is 18.2 Å². The van der Waals surface area contributed by atoms with Crippen LogP contribution in [0, 0.1) is 0 Å². The fourth-order valence-electron chi connectivity index (χ4n) is 1.34. The van der Waals surface area contributed by atoms with Crippen molar-refractivity contribution >= 4 is 39.2 Å². The SMILES string of the molecule is O=C(Nc1ccc(Br)cc1Cl)N(CCO)CCO. The first-order valence-electron chi connectivity index (χ1n) is 5.31. The number of aliphatic hydroxyl groups is 2. The molecule has 0 aliphatic rings. The van der Waals surface area contributed by atoms with Crippen molar-refractivity contribution in [2.45, 2.75) is 0 Å². The lowest BCUT2D eigenvalue weighted by Gasteiger charge is -2.21. The van der Waals surface area contributed by atoms with Gasteiger partial charge >= 0.3 is 6.03 Å². The standard InChI is InChI=1S/C11H14BrClN2O3/c12-8-1-2-10(9(13)7-8)14-11(18)15(3-5-16)4-6-17/h1-2,7,16-17H,3-6H2,(H,14,18). The molecular weight excluding hydrogens is 323 g/mol. The minimum absolute atomic E-state index is 0.153. The van der Waals surface area contributed by atoms with Crippen LogP contribution in [0.25, 0.3) is 0 Å². The molecule has 3 N–H and O–H groups in total. The molecule has 1 aromatic rings. The highest BCUT2D eigenvalue weighted by atomic mass is 79.9. The maximum atomic E-state index is 11.9. The second-order valence-corrected chi connectivity index (χ2v) is 4.81. The summed E-state index contributed by atoms with van der Waals surface area (Å²) in [5.41, 5.74) is 0.478. The highest BCUT2D eigenvalue weighted by molar-refractivity contribution is 9.10. The Hall–Kier alpha value is -0.820. The number of nitrogens with one attached hydrogen (secondary N) is 1. The topological polar surface area (TPSA) is 72.8 Å². The van der Waals surface area contributed by atoms with Crippen LogP contribution in [0.15, 0.2) is 22.7 Å². The summed E-state index contributed by atoms with van der Waals surface area (Å²) in [7, 11) is 0. The molecule has 0 aromatic heterocycles. The predicted molar refractivity (Wildman–Crippen MR) is 73.9 cm³/mol. The van der Waals surface area contributed by atoms with Crippen LogP contribution in [-0.4, -0.2) is 47.4 Å². The third kappa shape index (κ3) is 4.45. The van der Waals surface area contributed by atoms with Crippen LogP contribution < -0.4 is 5.32 Å². The molecule has 0 saturated heterocycles. The highest BCUT2D eigenvalue weighted by Gasteiger charge is 2.13. The van der Waals surface area contributed by atoms with E-state index in [1.807, 2.05) is 0 Å². The molecular formula is C11H14BrClN2O3. The molecule has 1 rings (SSSR count). The van der Waals surface area contributed by atoms with E-state index in [2.05, 4.69) is 21.2 Å².